The number of carbonyl (C=O) groups excluding carboxylic acids is 1. The molecule has 0 aromatic rings. The predicted octanol–water partition coefficient (Wildman–Crippen LogP) is 2.23. The first-order valence-electron chi connectivity index (χ1n) is 6.51. The predicted molar refractivity (Wildman–Crippen MR) is 73.8 cm³/mol. The van der Waals surface area contributed by atoms with E-state index >= 15 is 0 Å². The van der Waals surface area contributed by atoms with E-state index in [1.165, 1.54) is 4.90 Å². The van der Waals surface area contributed by atoms with Crippen molar-refractivity contribution in [2.75, 3.05) is 18.1 Å². The molecular formula is C13H23NO3S. The SMILES string of the molecule is CCN(C(=O)CC1CCSCC1)C(C)(C)C(=O)O. The number of amides is 1. The van der Waals surface area contributed by atoms with Crippen molar-refractivity contribution in [2.24, 2.45) is 5.92 Å². The lowest BCUT2D eigenvalue weighted by molar-refractivity contribution is -0.157. The second-order valence-electron chi connectivity index (χ2n) is 5.26. The third kappa shape index (κ3) is 3.64. The number of nitrogens with zero attached hydrogens (tertiary/aromatic N) is 1. The van der Waals surface area contributed by atoms with E-state index in [2.05, 4.69) is 0 Å². The van der Waals surface area contributed by atoms with Gasteiger partial charge < -0.3 is 10.0 Å². The van der Waals surface area contributed by atoms with E-state index in [1.807, 2.05) is 18.7 Å². The standard InChI is InChI=1S/C13H23NO3S/c1-4-14(13(2,3)12(16)17)11(15)9-10-5-7-18-8-6-10/h10H,4-9H2,1-3H3,(H,16,17). The van der Waals surface area contributed by atoms with Crippen LogP contribution < -0.4 is 0 Å². The van der Waals surface area contributed by atoms with Gasteiger partial charge in [0.25, 0.3) is 0 Å². The molecular weight excluding hydrogens is 250 g/mol. The zero-order valence-electron chi connectivity index (χ0n) is 11.4. The van der Waals surface area contributed by atoms with E-state index in [-0.39, 0.29) is 5.91 Å². The Hall–Kier alpha value is -0.710. The summed E-state index contributed by atoms with van der Waals surface area (Å²) in [6.07, 6.45) is 2.63. The van der Waals surface area contributed by atoms with E-state index in [4.69, 9.17) is 0 Å². The van der Waals surface area contributed by atoms with Crippen molar-refractivity contribution in [1.82, 2.24) is 4.90 Å². The average molecular weight is 273 g/mol. The van der Waals surface area contributed by atoms with Crippen LogP contribution in [0.3, 0.4) is 0 Å². The number of hydrogen-bond donors (Lipinski definition) is 1. The fourth-order valence-corrected chi connectivity index (χ4v) is 3.51. The maximum atomic E-state index is 12.2. The van der Waals surface area contributed by atoms with Crippen LogP contribution in [0.25, 0.3) is 0 Å². The molecule has 1 heterocycles. The molecule has 0 aromatic heterocycles. The highest BCUT2D eigenvalue weighted by molar-refractivity contribution is 7.99. The molecule has 0 unspecified atom stereocenters. The number of thioether (sulfide) groups is 1. The van der Waals surface area contributed by atoms with Crippen LogP contribution >= 0.6 is 11.8 Å². The van der Waals surface area contributed by atoms with Gasteiger partial charge in [-0.25, -0.2) is 4.79 Å². The minimum atomic E-state index is -1.12. The summed E-state index contributed by atoms with van der Waals surface area (Å²) in [6, 6.07) is 0. The molecule has 0 atom stereocenters. The van der Waals surface area contributed by atoms with Gasteiger partial charge in [0.05, 0.1) is 0 Å². The Bertz CT molecular complexity index is 311. The summed E-state index contributed by atoms with van der Waals surface area (Å²) in [4.78, 5) is 25.0. The molecule has 0 radical (unpaired) electrons. The van der Waals surface area contributed by atoms with E-state index in [1.54, 1.807) is 13.8 Å². The zero-order valence-corrected chi connectivity index (χ0v) is 12.3. The van der Waals surface area contributed by atoms with Crippen LogP contribution in [-0.2, 0) is 9.59 Å². The third-order valence-corrected chi connectivity index (χ3v) is 4.67. The van der Waals surface area contributed by atoms with Gasteiger partial charge in [-0.2, -0.15) is 11.8 Å². The number of carboxylic acids is 1. The first-order chi connectivity index (χ1) is 8.39. The van der Waals surface area contributed by atoms with Crippen molar-refractivity contribution in [3.8, 4) is 0 Å². The van der Waals surface area contributed by atoms with Crippen molar-refractivity contribution >= 4 is 23.6 Å². The number of rotatable bonds is 5. The number of carboxylic acid groups (broad SMARTS) is 1. The first-order valence-corrected chi connectivity index (χ1v) is 7.66. The summed E-state index contributed by atoms with van der Waals surface area (Å²) in [5.74, 6) is 1.69. The summed E-state index contributed by atoms with van der Waals surface area (Å²) in [5, 5.41) is 9.20. The fourth-order valence-electron chi connectivity index (χ4n) is 2.31. The molecule has 0 aromatic carbocycles. The minimum Gasteiger partial charge on any atom is -0.480 e. The average Bonchev–Trinajstić information content (AvgIpc) is 2.30. The molecule has 18 heavy (non-hydrogen) atoms. The monoisotopic (exact) mass is 273 g/mol. The van der Waals surface area contributed by atoms with Crippen molar-refractivity contribution in [3.05, 3.63) is 0 Å². The third-order valence-electron chi connectivity index (χ3n) is 3.62. The Kier molecular flexibility index (Phi) is 5.50. The quantitative estimate of drug-likeness (QED) is 0.834. The highest BCUT2D eigenvalue weighted by atomic mass is 32.2. The highest BCUT2D eigenvalue weighted by Crippen LogP contribution is 2.27. The molecule has 0 aliphatic carbocycles. The number of aliphatic carboxylic acids is 1. The Morgan fingerprint density at radius 3 is 2.33 bits per heavy atom. The van der Waals surface area contributed by atoms with Crippen LogP contribution in [0.2, 0.25) is 0 Å². The van der Waals surface area contributed by atoms with Crippen molar-refractivity contribution in [2.45, 2.75) is 45.6 Å². The normalized spacial score (nSPS) is 17.5. The second kappa shape index (κ2) is 6.45. The van der Waals surface area contributed by atoms with Crippen LogP contribution in [0.1, 0.15) is 40.0 Å². The lowest BCUT2D eigenvalue weighted by Crippen LogP contribution is -2.53. The van der Waals surface area contributed by atoms with Crippen LogP contribution in [0.15, 0.2) is 0 Å². The van der Waals surface area contributed by atoms with Gasteiger partial charge in [0.2, 0.25) is 5.91 Å². The van der Waals surface area contributed by atoms with Crippen molar-refractivity contribution < 1.29 is 14.7 Å². The van der Waals surface area contributed by atoms with Gasteiger partial charge in [0, 0.05) is 13.0 Å². The Balaban J connectivity index is 2.64. The largest absolute Gasteiger partial charge is 0.480 e. The van der Waals surface area contributed by atoms with Gasteiger partial charge >= 0.3 is 5.97 Å². The lowest BCUT2D eigenvalue weighted by Gasteiger charge is -2.35. The molecule has 1 amide bonds. The van der Waals surface area contributed by atoms with E-state index < -0.39 is 11.5 Å². The highest BCUT2D eigenvalue weighted by Gasteiger charge is 2.37. The number of hydrogen-bond acceptors (Lipinski definition) is 3. The Labute approximate surface area is 113 Å². The molecule has 1 rings (SSSR count). The van der Waals surface area contributed by atoms with Gasteiger partial charge in [0.15, 0.2) is 0 Å². The zero-order chi connectivity index (χ0) is 13.8. The minimum absolute atomic E-state index is 0.0261. The van der Waals surface area contributed by atoms with E-state index in [0.717, 1.165) is 24.3 Å². The number of likely N-dealkylation sites (N-methyl/N-ethyl adjacent to an activating group) is 1. The molecule has 4 nitrogen and oxygen atoms in total. The van der Waals surface area contributed by atoms with Gasteiger partial charge in [0.1, 0.15) is 5.54 Å². The molecule has 5 heteroatoms. The molecule has 0 bridgehead atoms. The topological polar surface area (TPSA) is 57.6 Å². The van der Waals surface area contributed by atoms with E-state index in [0.29, 0.717) is 18.9 Å². The van der Waals surface area contributed by atoms with Gasteiger partial charge in [-0.05, 0) is 51.0 Å². The van der Waals surface area contributed by atoms with Gasteiger partial charge in [-0.3, -0.25) is 4.79 Å². The van der Waals surface area contributed by atoms with Crippen LogP contribution in [0, 0.1) is 5.92 Å². The lowest BCUT2D eigenvalue weighted by atomic mass is 9.95. The first kappa shape index (κ1) is 15.3. The smallest absolute Gasteiger partial charge is 0.329 e. The fraction of sp³-hybridized carbons (Fsp3) is 0.846. The van der Waals surface area contributed by atoms with Crippen molar-refractivity contribution in [3.63, 3.8) is 0 Å². The van der Waals surface area contributed by atoms with Crippen LogP contribution in [0.5, 0.6) is 0 Å². The van der Waals surface area contributed by atoms with Crippen LogP contribution in [-0.4, -0.2) is 45.5 Å². The van der Waals surface area contributed by atoms with Crippen molar-refractivity contribution in [1.29, 1.82) is 0 Å². The summed E-state index contributed by atoms with van der Waals surface area (Å²) < 4.78 is 0. The summed E-state index contributed by atoms with van der Waals surface area (Å²) in [7, 11) is 0. The summed E-state index contributed by atoms with van der Waals surface area (Å²) in [5.41, 5.74) is -1.12. The van der Waals surface area contributed by atoms with Gasteiger partial charge in [-0.15, -0.1) is 0 Å². The Morgan fingerprint density at radius 2 is 1.89 bits per heavy atom. The molecule has 1 aliphatic rings. The molecule has 1 saturated heterocycles. The molecule has 0 saturated carbocycles. The Morgan fingerprint density at radius 1 is 1.33 bits per heavy atom. The molecule has 1 N–H and O–H groups in total. The maximum Gasteiger partial charge on any atom is 0.329 e. The molecule has 0 spiro atoms. The maximum absolute atomic E-state index is 12.2. The van der Waals surface area contributed by atoms with Gasteiger partial charge in [-0.1, -0.05) is 0 Å². The second-order valence-corrected chi connectivity index (χ2v) is 6.49. The van der Waals surface area contributed by atoms with E-state index in [9.17, 15) is 14.7 Å². The number of carbonyl (C=O) groups is 2. The summed E-state index contributed by atoms with van der Waals surface area (Å²) >= 11 is 1.93. The summed E-state index contributed by atoms with van der Waals surface area (Å²) in [6.45, 7) is 5.46. The molecule has 1 aliphatic heterocycles. The van der Waals surface area contributed by atoms with Crippen LogP contribution in [0.4, 0.5) is 0 Å². The molecule has 1 fully saturated rings. The molecule has 104 valence electrons.